The largest absolute Gasteiger partial charge is 0.508 e. The van der Waals surface area contributed by atoms with Gasteiger partial charge in [0, 0.05) is 16.6 Å². The molecule has 0 heterocycles. The molecule has 19 heavy (non-hydrogen) atoms. The van der Waals surface area contributed by atoms with E-state index in [-0.39, 0.29) is 0 Å². The van der Waals surface area contributed by atoms with Gasteiger partial charge in [0.1, 0.15) is 5.75 Å². The zero-order chi connectivity index (χ0) is 13.7. The van der Waals surface area contributed by atoms with E-state index in [4.69, 9.17) is 0 Å². The highest BCUT2D eigenvalue weighted by Crippen LogP contribution is 2.20. The number of phenolic OH excluding ortho intramolecular Hbond substituents is 1. The number of thioether (sulfide) groups is 1. The highest BCUT2D eigenvalue weighted by molar-refractivity contribution is 7.98. The number of anilines is 1. The Morgan fingerprint density at radius 3 is 2.58 bits per heavy atom. The molecule has 1 atom stereocenters. The predicted octanol–water partition coefficient (Wildman–Crippen LogP) is 4.16. The van der Waals surface area contributed by atoms with Crippen LogP contribution < -0.4 is 5.32 Å². The van der Waals surface area contributed by atoms with E-state index in [0.717, 1.165) is 12.1 Å². The summed E-state index contributed by atoms with van der Waals surface area (Å²) in [6.45, 7) is 2.17. The minimum absolute atomic E-state index is 0.317. The fourth-order valence-corrected chi connectivity index (χ4v) is 2.49. The van der Waals surface area contributed by atoms with Crippen molar-refractivity contribution in [1.82, 2.24) is 0 Å². The molecule has 0 spiro atoms. The summed E-state index contributed by atoms with van der Waals surface area (Å²) in [6.07, 6.45) is 3.02. The van der Waals surface area contributed by atoms with Crippen LogP contribution in [0.3, 0.4) is 0 Å². The quantitative estimate of drug-likeness (QED) is 0.802. The van der Waals surface area contributed by atoms with Crippen molar-refractivity contribution in [3.8, 4) is 5.75 Å². The van der Waals surface area contributed by atoms with Crippen molar-refractivity contribution in [2.45, 2.75) is 24.3 Å². The molecule has 2 aromatic carbocycles. The van der Waals surface area contributed by atoms with E-state index < -0.39 is 0 Å². The Bertz CT molecular complexity index is 525. The standard InChI is InChI=1S/C16H19NOS/c1-12(10-13-6-8-15(18)9-7-13)17-14-4-3-5-16(11-14)19-2/h3-9,11-12,17-18H,10H2,1-2H3. The Labute approximate surface area is 118 Å². The summed E-state index contributed by atoms with van der Waals surface area (Å²) in [6, 6.07) is 16.2. The van der Waals surface area contributed by atoms with Crippen LogP contribution in [0.2, 0.25) is 0 Å². The summed E-state index contributed by atoms with van der Waals surface area (Å²) in [4.78, 5) is 1.27. The van der Waals surface area contributed by atoms with Gasteiger partial charge < -0.3 is 10.4 Å². The maximum Gasteiger partial charge on any atom is 0.115 e. The van der Waals surface area contributed by atoms with Crippen LogP contribution in [-0.4, -0.2) is 17.4 Å². The van der Waals surface area contributed by atoms with E-state index in [1.54, 1.807) is 23.9 Å². The maximum absolute atomic E-state index is 9.27. The van der Waals surface area contributed by atoms with Gasteiger partial charge in [-0.1, -0.05) is 18.2 Å². The number of aromatic hydroxyl groups is 1. The highest BCUT2D eigenvalue weighted by atomic mass is 32.2. The van der Waals surface area contributed by atoms with E-state index in [0.29, 0.717) is 11.8 Å². The van der Waals surface area contributed by atoms with Gasteiger partial charge in [-0.2, -0.15) is 0 Å². The van der Waals surface area contributed by atoms with Crippen molar-refractivity contribution in [1.29, 1.82) is 0 Å². The number of benzene rings is 2. The molecule has 0 saturated heterocycles. The van der Waals surface area contributed by atoms with Gasteiger partial charge in [-0.15, -0.1) is 11.8 Å². The Balaban J connectivity index is 1.96. The van der Waals surface area contributed by atoms with Crippen LogP contribution in [-0.2, 0) is 6.42 Å². The zero-order valence-electron chi connectivity index (χ0n) is 11.3. The number of hydrogen-bond acceptors (Lipinski definition) is 3. The first-order valence-electron chi connectivity index (χ1n) is 6.36. The molecule has 3 heteroatoms. The predicted molar refractivity (Wildman–Crippen MR) is 83.1 cm³/mol. The monoisotopic (exact) mass is 273 g/mol. The van der Waals surface area contributed by atoms with Gasteiger partial charge in [-0.3, -0.25) is 0 Å². The molecular weight excluding hydrogens is 254 g/mol. The number of rotatable bonds is 5. The first kappa shape index (κ1) is 13.8. The van der Waals surface area contributed by atoms with Crippen molar-refractivity contribution < 1.29 is 5.11 Å². The minimum Gasteiger partial charge on any atom is -0.508 e. The zero-order valence-corrected chi connectivity index (χ0v) is 12.1. The van der Waals surface area contributed by atoms with Crippen LogP contribution in [0.4, 0.5) is 5.69 Å². The summed E-state index contributed by atoms with van der Waals surface area (Å²) < 4.78 is 0. The first-order chi connectivity index (χ1) is 9.17. The summed E-state index contributed by atoms with van der Waals surface area (Å²) in [5, 5.41) is 12.8. The van der Waals surface area contributed by atoms with Crippen molar-refractivity contribution in [3.05, 3.63) is 54.1 Å². The SMILES string of the molecule is CSc1cccc(NC(C)Cc2ccc(O)cc2)c1. The topological polar surface area (TPSA) is 32.3 Å². The van der Waals surface area contributed by atoms with E-state index in [9.17, 15) is 5.11 Å². The van der Waals surface area contributed by atoms with Gasteiger partial charge in [0.2, 0.25) is 0 Å². The van der Waals surface area contributed by atoms with E-state index in [1.807, 2.05) is 12.1 Å². The molecular formula is C16H19NOS. The van der Waals surface area contributed by atoms with Gasteiger partial charge in [-0.05, 0) is 55.5 Å². The Morgan fingerprint density at radius 1 is 1.16 bits per heavy atom. The van der Waals surface area contributed by atoms with Crippen LogP contribution in [0.15, 0.2) is 53.4 Å². The van der Waals surface area contributed by atoms with Crippen molar-refractivity contribution in [3.63, 3.8) is 0 Å². The third kappa shape index (κ3) is 4.21. The normalized spacial score (nSPS) is 12.1. The third-order valence-corrected chi connectivity index (χ3v) is 3.69. The smallest absolute Gasteiger partial charge is 0.115 e. The molecule has 0 aliphatic rings. The molecule has 1 unspecified atom stereocenters. The van der Waals surface area contributed by atoms with Gasteiger partial charge in [0.05, 0.1) is 0 Å². The lowest BCUT2D eigenvalue weighted by Gasteiger charge is -2.16. The minimum atomic E-state index is 0.317. The Hall–Kier alpha value is -1.61. The molecule has 0 radical (unpaired) electrons. The second kappa shape index (κ2) is 6.53. The molecule has 0 aliphatic heterocycles. The van der Waals surface area contributed by atoms with Gasteiger partial charge in [0.15, 0.2) is 0 Å². The highest BCUT2D eigenvalue weighted by Gasteiger charge is 2.04. The van der Waals surface area contributed by atoms with E-state index in [1.165, 1.54) is 10.5 Å². The van der Waals surface area contributed by atoms with Crippen LogP contribution >= 0.6 is 11.8 Å². The summed E-state index contributed by atoms with van der Waals surface area (Å²) in [5.41, 5.74) is 2.37. The van der Waals surface area contributed by atoms with E-state index in [2.05, 4.69) is 42.8 Å². The van der Waals surface area contributed by atoms with Crippen LogP contribution in [0, 0.1) is 0 Å². The van der Waals surface area contributed by atoms with Crippen molar-refractivity contribution in [2.24, 2.45) is 0 Å². The van der Waals surface area contributed by atoms with E-state index >= 15 is 0 Å². The van der Waals surface area contributed by atoms with Crippen LogP contribution in [0.5, 0.6) is 5.75 Å². The lowest BCUT2D eigenvalue weighted by molar-refractivity contribution is 0.475. The molecule has 2 nitrogen and oxygen atoms in total. The average Bonchev–Trinajstić information content (AvgIpc) is 2.41. The molecule has 100 valence electrons. The second-order valence-corrected chi connectivity index (χ2v) is 5.53. The van der Waals surface area contributed by atoms with Gasteiger partial charge >= 0.3 is 0 Å². The molecule has 2 aromatic rings. The second-order valence-electron chi connectivity index (χ2n) is 4.65. The van der Waals surface area contributed by atoms with Crippen LogP contribution in [0.25, 0.3) is 0 Å². The molecule has 2 rings (SSSR count). The molecule has 0 fully saturated rings. The number of nitrogens with one attached hydrogen (secondary N) is 1. The fraction of sp³-hybridized carbons (Fsp3) is 0.250. The Kier molecular flexibility index (Phi) is 4.74. The van der Waals surface area contributed by atoms with Gasteiger partial charge in [-0.25, -0.2) is 0 Å². The average molecular weight is 273 g/mol. The summed E-state index contributed by atoms with van der Waals surface area (Å²) >= 11 is 1.75. The summed E-state index contributed by atoms with van der Waals surface area (Å²) in [7, 11) is 0. The third-order valence-electron chi connectivity index (χ3n) is 2.96. The first-order valence-corrected chi connectivity index (χ1v) is 7.58. The molecule has 0 aliphatic carbocycles. The van der Waals surface area contributed by atoms with Crippen molar-refractivity contribution in [2.75, 3.05) is 11.6 Å². The molecule has 0 saturated carbocycles. The number of phenols is 1. The molecule has 0 bridgehead atoms. The lowest BCUT2D eigenvalue weighted by atomic mass is 10.1. The molecule has 2 N–H and O–H groups in total. The fourth-order valence-electron chi connectivity index (χ4n) is 2.03. The molecule has 0 amide bonds. The summed E-state index contributed by atoms with van der Waals surface area (Å²) in [5.74, 6) is 0.317. The van der Waals surface area contributed by atoms with Crippen molar-refractivity contribution >= 4 is 17.4 Å². The Morgan fingerprint density at radius 2 is 1.89 bits per heavy atom. The maximum atomic E-state index is 9.27. The molecule has 0 aromatic heterocycles. The van der Waals surface area contributed by atoms with Gasteiger partial charge in [0.25, 0.3) is 0 Å². The number of hydrogen-bond donors (Lipinski definition) is 2. The van der Waals surface area contributed by atoms with Crippen LogP contribution in [0.1, 0.15) is 12.5 Å². The lowest BCUT2D eigenvalue weighted by Crippen LogP contribution is -2.17.